The number of hydrogen-bond acceptors (Lipinski definition) is 3. The van der Waals surface area contributed by atoms with Crippen LogP contribution in [0.2, 0.25) is 0 Å². The van der Waals surface area contributed by atoms with Gasteiger partial charge in [-0.25, -0.2) is 0 Å². The van der Waals surface area contributed by atoms with Gasteiger partial charge >= 0.3 is 0 Å². The first-order valence-corrected chi connectivity index (χ1v) is 9.70. The molecule has 4 nitrogen and oxygen atoms in total. The molecule has 25 heavy (non-hydrogen) atoms. The van der Waals surface area contributed by atoms with Crippen LogP contribution in [-0.2, 0) is 4.74 Å². The van der Waals surface area contributed by atoms with Crippen molar-refractivity contribution in [1.29, 1.82) is 0 Å². The fraction of sp³-hybridized carbons (Fsp3) is 0.667. The van der Waals surface area contributed by atoms with E-state index in [4.69, 9.17) is 9.47 Å². The highest BCUT2D eigenvalue weighted by molar-refractivity contribution is 5.94. The minimum absolute atomic E-state index is 0.0201. The third-order valence-electron chi connectivity index (χ3n) is 6.85. The SMILES string of the molecule is CCOc1ccc(C(=O)NCC2(OC)C3CC4CC(C3)CC2C4)cc1. The first-order chi connectivity index (χ1) is 12.1. The number of amides is 1. The molecule has 0 saturated heterocycles. The molecule has 1 aromatic rings. The average Bonchev–Trinajstić information content (AvgIpc) is 2.62. The highest BCUT2D eigenvalue weighted by Crippen LogP contribution is 2.59. The van der Waals surface area contributed by atoms with Crippen LogP contribution in [0.1, 0.15) is 49.4 Å². The van der Waals surface area contributed by atoms with Gasteiger partial charge in [-0.3, -0.25) is 4.79 Å². The van der Waals surface area contributed by atoms with Gasteiger partial charge in [0.15, 0.2) is 0 Å². The monoisotopic (exact) mass is 343 g/mol. The van der Waals surface area contributed by atoms with Gasteiger partial charge in [-0.1, -0.05) is 0 Å². The zero-order valence-electron chi connectivity index (χ0n) is 15.3. The molecule has 5 rings (SSSR count). The Kier molecular flexibility index (Phi) is 4.48. The van der Waals surface area contributed by atoms with Crippen LogP contribution in [-0.4, -0.2) is 31.8 Å². The second-order valence-corrected chi connectivity index (χ2v) is 8.10. The number of nitrogens with one attached hydrogen (secondary N) is 1. The zero-order valence-corrected chi connectivity index (χ0v) is 15.3. The molecule has 0 unspecified atom stereocenters. The van der Waals surface area contributed by atoms with Crippen molar-refractivity contribution in [2.24, 2.45) is 23.7 Å². The zero-order chi connectivity index (χ0) is 17.4. The van der Waals surface area contributed by atoms with E-state index in [1.54, 1.807) is 0 Å². The molecular weight excluding hydrogens is 314 g/mol. The van der Waals surface area contributed by atoms with E-state index in [-0.39, 0.29) is 11.5 Å². The molecular formula is C21H29NO3. The molecule has 4 heteroatoms. The van der Waals surface area contributed by atoms with Crippen LogP contribution in [0, 0.1) is 23.7 Å². The summed E-state index contributed by atoms with van der Waals surface area (Å²) in [6, 6.07) is 7.37. The summed E-state index contributed by atoms with van der Waals surface area (Å²) in [4.78, 5) is 12.6. The van der Waals surface area contributed by atoms with Gasteiger partial charge in [-0.2, -0.15) is 0 Å². The minimum Gasteiger partial charge on any atom is -0.494 e. The fourth-order valence-electron chi connectivity index (χ4n) is 5.87. The molecule has 4 aliphatic carbocycles. The van der Waals surface area contributed by atoms with E-state index in [1.165, 1.54) is 32.1 Å². The number of carbonyl (C=O) groups excluding carboxylic acids is 1. The number of benzene rings is 1. The summed E-state index contributed by atoms with van der Waals surface area (Å²) in [5, 5.41) is 3.17. The highest BCUT2D eigenvalue weighted by Gasteiger charge is 2.57. The van der Waals surface area contributed by atoms with Gasteiger partial charge in [0.05, 0.1) is 12.2 Å². The first-order valence-electron chi connectivity index (χ1n) is 9.70. The van der Waals surface area contributed by atoms with Gasteiger partial charge in [-0.15, -0.1) is 0 Å². The Morgan fingerprint density at radius 3 is 2.20 bits per heavy atom. The standard InChI is InChI=1S/C21H29NO3/c1-3-25-19-6-4-16(5-7-19)20(23)22-13-21(24-2)17-9-14-8-15(11-17)12-18(21)10-14/h4-7,14-15,17-18H,3,8-13H2,1-2H3,(H,22,23). The summed E-state index contributed by atoms with van der Waals surface area (Å²) >= 11 is 0. The molecule has 0 aromatic heterocycles. The molecule has 0 aliphatic heterocycles. The Balaban J connectivity index is 1.43. The summed E-state index contributed by atoms with van der Waals surface area (Å²) in [5.74, 6) is 3.78. The van der Waals surface area contributed by atoms with Crippen molar-refractivity contribution in [3.63, 3.8) is 0 Å². The van der Waals surface area contributed by atoms with Crippen LogP contribution in [0.4, 0.5) is 0 Å². The molecule has 4 saturated carbocycles. The maximum absolute atomic E-state index is 12.6. The van der Waals surface area contributed by atoms with Crippen molar-refractivity contribution in [1.82, 2.24) is 5.32 Å². The average molecular weight is 343 g/mol. The number of hydrogen-bond donors (Lipinski definition) is 1. The quantitative estimate of drug-likeness (QED) is 0.857. The van der Waals surface area contributed by atoms with Gasteiger partial charge in [0.1, 0.15) is 5.75 Å². The lowest BCUT2D eigenvalue weighted by molar-refractivity contribution is -0.186. The second kappa shape index (κ2) is 6.64. The third kappa shape index (κ3) is 2.95. The van der Waals surface area contributed by atoms with Gasteiger partial charge in [0, 0.05) is 19.2 Å². The molecule has 4 fully saturated rings. The smallest absolute Gasteiger partial charge is 0.251 e. The van der Waals surface area contributed by atoms with Crippen LogP contribution < -0.4 is 10.1 Å². The molecule has 136 valence electrons. The van der Waals surface area contributed by atoms with E-state index in [0.717, 1.165) is 17.6 Å². The predicted octanol–water partition coefficient (Wildman–Crippen LogP) is 3.66. The molecule has 1 amide bonds. The molecule has 4 bridgehead atoms. The minimum atomic E-state index is -0.158. The van der Waals surface area contributed by atoms with Gasteiger partial charge < -0.3 is 14.8 Å². The van der Waals surface area contributed by atoms with E-state index in [9.17, 15) is 4.79 Å². The Morgan fingerprint density at radius 1 is 1.08 bits per heavy atom. The molecule has 0 heterocycles. The predicted molar refractivity (Wildman–Crippen MR) is 96.7 cm³/mol. The maximum atomic E-state index is 12.6. The molecule has 1 aromatic carbocycles. The van der Waals surface area contributed by atoms with Crippen molar-refractivity contribution in [3.8, 4) is 5.75 Å². The van der Waals surface area contributed by atoms with Crippen molar-refractivity contribution in [2.75, 3.05) is 20.3 Å². The topological polar surface area (TPSA) is 47.6 Å². The fourth-order valence-corrected chi connectivity index (χ4v) is 5.87. The maximum Gasteiger partial charge on any atom is 0.251 e. The van der Waals surface area contributed by atoms with Gasteiger partial charge in [0.25, 0.3) is 5.91 Å². The normalized spacial score (nSPS) is 35.6. The van der Waals surface area contributed by atoms with Crippen LogP contribution in [0.15, 0.2) is 24.3 Å². The van der Waals surface area contributed by atoms with E-state index in [1.807, 2.05) is 38.3 Å². The number of rotatable bonds is 6. The van der Waals surface area contributed by atoms with Crippen LogP contribution >= 0.6 is 0 Å². The summed E-state index contributed by atoms with van der Waals surface area (Å²) < 4.78 is 11.6. The van der Waals surface area contributed by atoms with Crippen molar-refractivity contribution in [3.05, 3.63) is 29.8 Å². The number of methoxy groups -OCH3 is 1. The summed E-state index contributed by atoms with van der Waals surface area (Å²) in [6.45, 7) is 3.22. The van der Waals surface area contributed by atoms with Crippen LogP contribution in [0.5, 0.6) is 5.75 Å². The molecule has 0 atom stereocenters. The highest BCUT2D eigenvalue weighted by atomic mass is 16.5. The Bertz CT molecular complexity index is 597. The van der Waals surface area contributed by atoms with E-state index in [2.05, 4.69) is 5.32 Å². The Hall–Kier alpha value is -1.55. The molecule has 4 aliphatic rings. The largest absolute Gasteiger partial charge is 0.494 e. The number of carbonyl (C=O) groups is 1. The summed E-state index contributed by atoms with van der Waals surface area (Å²) in [6.07, 6.45) is 6.53. The lowest BCUT2D eigenvalue weighted by Gasteiger charge is -2.60. The van der Waals surface area contributed by atoms with Crippen molar-refractivity contribution >= 4 is 5.91 Å². The van der Waals surface area contributed by atoms with E-state index < -0.39 is 0 Å². The third-order valence-corrected chi connectivity index (χ3v) is 6.85. The van der Waals surface area contributed by atoms with Gasteiger partial charge in [-0.05, 0) is 87.0 Å². The molecule has 1 N–H and O–H groups in total. The van der Waals surface area contributed by atoms with Gasteiger partial charge in [0.2, 0.25) is 0 Å². The first kappa shape index (κ1) is 16.9. The Morgan fingerprint density at radius 2 is 1.68 bits per heavy atom. The Labute approximate surface area is 150 Å². The molecule has 0 radical (unpaired) electrons. The second-order valence-electron chi connectivity index (χ2n) is 8.10. The summed E-state index contributed by atoms with van der Waals surface area (Å²) in [7, 11) is 1.84. The summed E-state index contributed by atoms with van der Waals surface area (Å²) in [5.41, 5.74) is 0.521. The number of ether oxygens (including phenoxy) is 2. The van der Waals surface area contributed by atoms with Crippen LogP contribution in [0.25, 0.3) is 0 Å². The lowest BCUT2D eigenvalue weighted by atomic mass is 9.49. The lowest BCUT2D eigenvalue weighted by Crippen LogP contribution is -2.63. The van der Waals surface area contributed by atoms with E-state index >= 15 is 0 Å². The van der Waals surface area contributed by atoms with Crippen molar-refractivity contribution < 1.29 is 14.3 Å². The molecule has 0 spiro atoms. The van der Waals surface area contributed by atoms with Crippen LogP contribution in [0.3, 0.4) is 0 Å². The van der Waals surface area contributed by atoms with Crippen molar-refractivity contribution in [2.45, 2.75) is 44.6 Å². The van der Waals surface area contributed by atoms with E-state index in [0.29, 0.717) is 30.6 Å².